The van der Waals surface area contributed by atoms with E-state index in [9.17, 15) is 19.5 Å². The number of carboxylic acid groups (broad SMARTS) is 1. The number of hydrogen-bond donors (Lipinski definition) is 2. The fourth-order valence-electron chi connectivity index (χ4n) is 0.438. The Hall–Kier alpha value is -1.59. The topological polar surface area (TPSA) is 98.3 Å². The molecule has 0 aliphatic rings. The summed E-state index contributed by atoms with van der Waals surface area (Å²) in [5.74, 6) is -2.28. The summed E-state index contributed by atoms with van der Waals surface area (Å²) in [7, 11) is 0. The lowest BCUT2D eigenvalue weighted by Crippen LogP contribution is -2.42. The maximum atomic E-state index is 10.6. The first-order valence-electron chi connectivity index (χ1n) is 3.23. The number of hydrogen-bond acceptors (Lipinski definition) is 4. The van der Waals surface area contributed by atoms with Gasteiger partial charge in [-0.1, -0.05) is 0 Å². The van der Waals surface area contributed by atoms with Crippen LogP contribution in [0.15, 0.2) is 0 Å². The Labute approximate surface area is 68.9 Å². The first-order chi connectivity index (χ1) is 5.52. The Kier molecular flexibility index (Phi) is 4.43. The molecule has 0 saturated carbocycles. The Bertz CT molecular complexity index is 182. The average molecular weight is 173 g/mol. The summed E-state index contributed by atoms with van der Waals surface area (Å²) in [5.41, 5.74) is 0. The van der Waals surface area contributed by atoms with E-state index in [1.807, 2.05) is 5.32 Å². The molecule has 2 N–H and O–H groups in total. The second kappa shape index (κ2) is 5.11. The second-order valence-corrected chi connectivity index (χ2v) is 2.06. The molecule has 0 aliphatic heterocycles. The zero-order valence-electron chi connectivity index (χ0n) is 6.55. The quantitative estimate of drug-likeness (QED) is 0.473. The van der Waals surface area contributed by atoms with Crippen LogP contribution in [0.5, 0.6) is 0 Å². The third-order valence-electron chi connectivity index (χ3n) is 0.928. The molecule has 0 rings (SSSR count). The fourth-order valence-corrected chi connectivity index (χ4v) is 0.438. The predicted molar refractivity (Wildman–Crippen MR) is 36.7 cm³/mol. The van der Waals surface area contributed by atoms with E-state index < -0.39 is 18.4 Å². The van der Waals surface area contributed by atoms with E-state index in [1.54, 1.807) is 0 Å². The van der Waals surface area contributed by atoms with Crippen molar-refractivity contribution in [2.45, 2.75) is 6.92 Å². The summed E-state index contributed by atoms with van der Waals surface area (Å²) >= 11 is 0. The minimum Gasteiger partial charge on any atom is -0.548 e. The molecule has 0 atom stereocenters. The van der Waals surface area contributed by atoms with Crippen molar-refractivity contribution in [3.05, 3.63) is 0 Å². The molecule has 0 fully saturated rings. The number of amides is 2. The highest BCUT2D eigenvalue weighted by molar-refractivity contribution is 5.85. The fraction of sp³-hybridized carbons (Fsp3) is 0.500. The standard InChI is InChI=1S/C6H10N2O4/c1-4(9)7-2-5(10)8-3-6(11)12/h2-3H2,1H3,(H,7,9)(H,8,10)(H,11,12)/p-1. The molecular weight excluding hydrogens is 164 g/mol. The summed E-state index contributed by atoms with van der Waals surface area (Å²) < 4.78 is 0. The molecular formula is C6H9N2O4-. The van der Waals surface area contributed by atoms with Crippen molar-refractivity contribution in [3.63, 3.8) is 0 Å². The van der Waals surface area contributed by atoms with Gasteiger partial charge in [-0.2, -0.15) is 0 Å². The Morgan fingerprint density at radius 1 is 1.17 bits per heavy atom. The van der Waals surface area contributed by atoms with Gasteiger partial charge in [-0.25, -0.2) is 0 Å². The van der Waals surface area contributed by atoms with E-state index in [2.05, 4.69) is 5.32 Å². The van der Waals surface area contributed by atoms with Gasteiger partial charge in [0, 0.05) is 6.92 Å². The number of carbonyl (C=O) groups is 3. The van der Waals surface area contributed by atoms with E-state index >= 15 is 0 Å². The van der Waals surface area contributed by atoms with Crippen molar-refractivity contribution in [2.75, 3.05) is 13.1 Å². The monoisotopic (exact) mass is 173 g/mol. The van der Waals surface area contributed by atoms with Gasteiger partial charge in [-0.15, -0.1) is 0 Å². The molecule has 0 saturated heterocycles. The highest BCUT2D eigenvalue weighted by Gasteiger charge is 1.99. The van der Waals surface area contributed by atoms with Crippen molar-refractivity contribution in [1.82, 2.24) is 10.6 Å². The van der Waals surface area contributed by atoms with Gasteiger partial charge in [0.25, 0.3) is 0 Å². The summed E-state index contributed by atoms with van der Waals surface area (Å²) in [6.45, 7) is 0.493. The molecule has 0 aliphatic carbocycles. The van der Waals surface area contributed by atoms with E-state index in [0.717, 1.165) is 0 Å². The maximum absolute atomic E-state index is 10.6. The summed E-state index contributed by atoms with van der Waals surface area (Å²) in [6, 6.07) is 0. The number of nitrogens with one attached hydrogen (secondary N) is 2. The molecule has 0 bridgehead atoms. The second-order valence-electron chi connectivity index (χ2n) is 2.06. The van der Waals surface area contributed by atoms with Gasteiger partial charge < -0.3 is 20.5 Å². The summed E-state index contributed by atoms with van der Waals surface area (Å²) in [5, 5.41) is 14.1. The Morgan fingerprint density at radius 2 is 1.75 bits per heavy atom. The van der Waals surface area contributed by atoms with Gasteiger partial charge in [-0.05, 0) is 0 Å². The van der Waals surface area contributed by atoms with E-state index in [1.165, 1.54) is 6.92 Å². The van der Waals surface area contributed by atoms with Crippen LogP contribution in [-0.2, 0) is 14.4 Å². The highest BCUT2D eigenvalue weighted by Crippen LogP contribution is 1.64. The third-order valence-corrected chi connectivity index (χ3v) is 0.928. The Balaban J connectivity index is 3.47. The van der Waals surface area contributed by atoms with Crippen LogP contribution in [0.1, 0.15) is 6.92 Å². The van der Waals surface area contributed by atoms with Crippen molar-refractivity contribution in [2.24, 2.45) is 0 Å². The van der Waals surface area contributed by atoms with Gasteiger partial charge in [0.15, 0.2) is 0 Å². The predicted octanol–water partition coefficient (Wildman–Crippen LogP) is -3.01. The molecule has 12 heavy (non-hydrogen) atoms. The number of carbonyl (C=O) groups excluding carboxylic acids is 3. The molecule has 68 valence electrons. The van der Waals surface area contributed by atoms with Gasteiger partial charge in [0.2, 0.25) is 11.8 Å². The third kappa shape index (κ3) is 6.53. The molecule has 6 nitrogen and oxygen atoms in total. The lowest BCUT2D eigenvalue weighted by molar-refractivity contribution is -0.304. The molecule has 6 heteroatoms. The van der Waals surface area contributed by atoms with Crippen LogP contribution in [-0.4, -0.2) is 30.9 Å². The summed E-state index contributed by atoms with van der Waals surface area (Å²) in [4.78, 5) is 30.7. The van der Waals surface area contributed by atoms with Crippen LogP contribution < -0.4 is 15.7 Å². The van der Waals surface area contributed by atoms with Crippen molar-refractivity contribution in [1.29, 1.82) is 0 Å². The van der Waals surface area contributed by atoms with Gasteiger partial charge in [-0.3, -0.25) is 9.59 Å². The van der Waals surface area contributed by atoms with Gasteiger partial charge in [0.05, 0.1) is 19.1 Å². The van der Waals surface area contributed by atoms with Crippen LogP contribution >= 0.6 is 0 Å². The molecule has 0 aromatic rings. The number of carboxylic acids is 1. The largest absolute Gasteiger partial charge is 0.548 e. The van der Waals surface area contributed by atoms with E-state index in [4.69, 9.17) is 0 Å². The van der Waals surface area contributed by atoms with E-state index in [-0.39, 0.29) is 12.5 Å². The van der Waals surface area contributed by atoms with Crippen molar-refractivity contribution >= 4 is 17.8 Å². The minimum atomic E-state index is -1.37. The Morgan fingerprint density at radius 3 is 2.17 bits per heavy atom. The zero-order chi connectivity index (χ0) is 9.56. The smallest absolute Gasteiger partial charge is 0.239 e. The van der Waals surface area contributed by atoms with Crippen LogP contribution in [0, 0.1) is 0 Å². The van der Waals surface area contributed by atoms with Crippen LogP contribution in [0.25, 0.3) is 0 Å². The number of rotatable bonds is 4. The first kappa shape index (κ1) is 10.4. The van der Waals surface area contributed by atoms with Gasteiger partial charge >= 0.3 is 0 Å². The van der Waals surface area contributed by atoms with Crippen molar-refractivity contribution in [3.8, 4) is 0 Å². The maximum Gasteiger partial charge on any atom is 0.239 e. The molecule has 2 amide bonds. The lowest BCUT2D eigenvalue weighted by Gasteiger charge is -2.05. The molecule has 0 aromatic carbocycles. The molecule has 0 heterocycles. The van der Waals surface area contributed by atoms with Crippen LogP contribution in [0.2, 0.25) is 0 Å². The van der Waals surface area contributed by atoms with Crippen LogP contribution in [0.4, 0.5) is 0 Å². The van der Waals surface area contributed by atoms with Crippen molar-refractivity contribution < 1.29 is 19.5 Å². The van der Waals surface area contributed by atoms with Gasteiger partial charge in [0.1, 0.15) is 0 Å². The molecule has 0 aromatic heterocycles. The normalized spacial score (nSPS) is 8.75. The lowest BCUT2D eigenvalue weighted by atomic mass is 10.5. The summed E-state index contributed by atoms with van der Waals surface area (Å²) in [6.07, 6.45) is 0. The number of aliphatic carboxylic acids is 1. The molecule has 0 unspecified atom stereocenters. The first-order valence-corrected chi connectivity index (χ1v) is 3.23. The van der Waals surface area contributed by atoms with E-state index in [0.29, 0.717) is 0 Å². The highest BCUT2D eigenvalue weighted by atomic mass is 16.4. The molecule has 0 radical (unpaired) electrons. The molecule has 0 spiro atoms. The minimum absolute atomic E-state index is 0.220. The average Bonchev–Trinajstić information content (AvgIpc) is 1.96. The zero-order valence-corrected chi connectivity index (χ0v) is 6.55. The van der Waals surface area contributed by atoms with Crippen LogP contribution in [0.3, 0.4) is 0 Å². The SMILES string of the molecule is CC(=O)NCC(=O)NCC(=O)[O-].